The zero-order chi connectivity index (χ0) is 15.6. The van der Waals surface area contributed by atoms with Crippen molar-refractivity contribution in [3.05, 3.63) is 16.5 Å². The van der Waals surface area contributed by atoms with Crippen molar-refractivity contribution in [3.8, 4) is 0 Å². The SMILES string of the molecule is CC(C)(C)c1nc(Br)cc(N(CCO)CC(F)(F)F)n1. The molecule has 1 heterocycles. The van der Waals surface area contributed by atoms with Crippen LogP contribution in [0.3, 0.4) is 0 Å². The molecule has 8 heteroatoms. The molecule has 0 aliphatic carbocycles. The van der Waals surface area contributed by atoms with Crippen molar-refractivity contribution in [1.82, 2.24) is 9.97 Å². The van der Waals surface area contributed by atoms with Gasteiger partial charge in [-0.1, -0.05) is 20.8 Å². The van der Waals surface area contributed by atoms with E-state index in [0.29, 0.717) is 10.4 Å². The van der Waals surface area contributed by atoms with Gasteiger partial charge in [0.2, 0.25) is 0 Å². The first-order chi connectivity index (χ1) is 9.03. The second-order valence-corrected chi connectivity index (χ2v) is 6.20. The molecule has 0 saturated carbocycles. The molecule has 0 aromatic carbocycles. The number of anilines is 1. The van der Waals surface area contributed by atoms with Gasteiger partial charge in [-0.25, -0.2) is 9.97 Å². The number of hydrogen-bond donors (Lipinski definition) is 1. The lowest BCUT2D eigenvalue weighted by Gasteiger charge is -2.26. The summed E-state index contributed by atoms with van der Waals surface area (Å²) in [6.45, 7) is 3.92. The van der Waals surface area contributed by atoms with Crippen LogP contribution in [0.15, 0.2) is 10.7 Å². The lowest BCUT2D eigenvalue weighted by atomic mass is 9.96. The maximum absolute atomic E-state index is 12.6. The maximum Gasteiger partial charge on any atom is 0.405 e. The number of aromatic nitrogens is 2. The van der Waals surface area contributed by atoms with Crippen molar-refractivity contribution >= 4 is 21.7 Å². The molecular weight excluding hydrogens is 339 g/mol. The van der Waals surface area contributed by atoms with E-state index in [4.69, 9.17) is 5.11 Å². The van der Waals surface area contributed by atoms with E-state index < -0.39 is 12.7 Å². The number of nitrogens with zero attached hydrogens (tertiary/aromatic N) is 3. The second kappa shape index (κ2) is 6.26. The fourth-order valence-electron chi connectivity index (χ4n) is 1.51. The van der Waals surface area contributed by atoms with Gasteiger partial charge in [-0.15, -0.1) is 0 Å². The zero-order valence-corrected chi connectivity index (χ0v) is 13.1. The Labute approximate surface area is 124 Å². The molecule has 0 aliphatic rings. The molecule has 0 spiro atoms. The Bertz CT molecular complexity index is 460. The molecule has 0 atom stereocenters. The molecular formula is C12H17BrF3N3O. The Kier molecular flexibility index (Phi) is 5.37. The van der Waals surface area contributed by atoms with Crippen molar-refractivity contribution in [2.24, 2.45) is 0 Å². The Morgan fingerprint density at radius 1 is 1.25 bits per heavy atom. The minimum Gasteiger partial charge on any atom is -0.395 e. The molecule has 0 radical (unpaired) electrons. The lowest BCUT2D eigenvalue weighted by molar-refractivity contribution is -0.120. The topological polar surface area (TPSA) is 49.2 Å². The van der Waals surface area contributed by atoms with E-state index in [1.54, 1.807) is 0 Å². The molecule has 0 bridgehead atoms. The van der Waals surface area contributed by atoms with E-state index in [0.717, 1.165) is 4.90 Å². The molecule has 114 valence electrons. The normalized spacial score (nSPS) is 12.6. The molecule has 1 aromatic heterocycles. The summed E-state index contributed by atoms with van der Waals surface area (Å²) in [7, 11) is 0. The Morgan fingerprint density at radius 3 is 2.30 bits per heavy atom. The molecule has 20 heavy (non-hydrogen) atoms. The number of halogens is 4. The van der Waals surface area contributed by atoms with Gasteiger partial charge in [-0.05, 0) is 15.9 Å². The molecule has 4 nitrogen and oxygen atoms in total. The fourth-order valence-corrected chi connectivity index (χ4v) is 1.89. The van der Waals surface area contributed by atoms with Crippen LogP contribution in [0, 0.1) is 0 Å². The van der Waals surface area contributed by atoms with Crippen molar-refractivity contribution < 1.29 is 18.3 Å². The van der Waals surface area contributed by atoms with Gasteiger partial charge in [0.05, 0.1) is 6.61 Å². The predicted molar refractivity (Wildman–Crippen MR) is 73.8 cm³/mol. The number of alkyl halides is 3. The third kappa shape index (κ3) is 5.24. The Hall–Kier alpha value is -0.890. The summed E-state index contributed by atoms with van der Waals surface area (Å²) in [5.41, 5.74) is -0.387. The van der Waals surface area contributed by atoms with Crippen LogP contribution < -0.4 is 4.90 Å². The minimum absolute atomic E-state index is 0.142. The minimum atomic E-state index is -4.37. The summed E-state index contributed by atoms with van der Waals surface area (Å²) in [5.74, 6) is 0.579. The third-order valence-electron chi connectivity index (χ3n) is 2.42. The average Bonchev–Trinajstić information content (AvgIpc) is 2.24. The first-order valence-electron chi connectivity index (χ1n) is 6.00. The molecule has 0 unspecified atom stereocenters. The van der Waals surface area contributed by atoms with Crippen LogP contribution in [-0.2, 0) is 5.41 Å². The van der Waals surface area contributed by atoms with E-state index >= 15 is 0 Å². The van der Waals surface area contributed by atoms with Gasteiger partial charge < -0.3 is 10.0 Å². The monoisotopic (exact) mass is 355 g/mol. The molecule has 0 aliphatic heterocycles. The second-order valence-electron chi connectivity index (χ2n) is 5.38. The highest BCUT2D eigenvalue weighted by Gasteiger charge is 2.32. The van der Waals surface area contributed by atoms with E-state index in [1.165, 1.54) is 6.07 Å². The summed E-state index contributed by atoms with van der Waals surface area (Å²) in [5, 5.41) is 8.93. The Balaban J connectivity index is 3.16. The van der Waals surface area contributed by atoms with Crippen LogP contribution in [0.5, 0.6) is 0 Å². The highest BCUT2D eigenvalue weighted by Crippen LogP contribution is 2.26. The lowest BCUT2D eigenvalue weighted by Crippen LogP contribution is -2.37. The van der Waals surface area contributed by atoms with Crippen molar-refractivity contribution in [2.45, 2.75) is 32.4 Å². The van der Waals surface area contributed by atoms with Gasteiger partial charge in [-0.2, -0.15) is 13.2 Å². The largest absolute Gasteiger partial charge is 0.405 e. The predicted octanol–water partition coefficient (Wildman–Crippen LogP) is 2.90. The first-order valence-corrected chi connectivity index (χ1v) is 6.80. The van der Waals surface area contributed by atoms with Crippen molar-refractivity contribution in [3.63, 3.8) is 0 Å². The standard InChI is InChI=1S/C12H17BrF3N3O/c1-11(2,3)10-17-8(13)6-9(18-10)19(4-5-20)7-12(14,15)16/h6,20H,4-5,7H2,1-3H3. The van der Waals surface area contributed by atoms with E-state index in [2.05, 4.69) is 25.9 Å². The van der Waals surface area contributed by atoms with Crippen LogP contribution in [0.25, 0.3) is 0 Å². The Morgan fingerprint density at radius 2 is 1.85 bits per heavy atom. The fraction of sp³-hybridized carbons (Fsp3) is 0.667. The van der Waals surface area contributed by atoms with Gasteiger partial charge in [0, 0.05) is 18.0 Å². The van der Waals surface area contributed by atoms with Gasteiger partial charge >= 0.3 is 6.18 Å². The summed E-state index contributed by atoms with van der Waals surface area (Å²) >= 11 is 3.18. The van der Waals surface area contributed by atoms with Gasteiger partial charge in [0.25, 0.3) is 0 Å². The summed E-state index contributed by atoms with van der Waals surface area (Å²) < 4.78 is 38.1. The van der Waals surface area contributed by atoms with Crippen LogP contribution >= 0.6 is 15.9 Å². The number of aliphatic hydroxyl groups is 1. The summed E-state index contributed by atoms with van der Waals surface area (Å²) in [4.78, 5) is 9.35. The van der Waals surface area contributed by atoms with Crippen LogP contribution in [-0.4, -0.2) is 40.9 Å². The molecule has 0 fully saturated rings. The molecule has 0 amide bonds. The summed E-state index contributed by atoms with van der Waals surface area (Å²) in [6.07, 6.45) is -4.37. The quantitative estimate of drug-likeness (QED) is 0.843. The molecule has 1 N–H and O–H groups in total. The zero-order valence-electron chi connectivity index (χ0n) is 11.5. The molecule has 1 aromatic rings. The highest BCUT2D eigenvalue weighted by molar-refractivity contribution is 9.10. The number of rotatable bonds is 4. The molecule has 1 rings (SSSR count). The maximum atomic E-state index is 12.6. The van der Waals surface area contributed by atoms with Gasteiger partial charge in [0.15, 0.2) is 0 Å². The summed E-state index contributed by atoms with van der Waals surface area (Å²) in [6, 6.07) is 1.41. The van der Waals surface area contributed by atoms with Crippen LogP contribution in [0.2, 0.25) is 0 Å². The van der Waals surface area contributed by atoms with E-state index in [-0.39, 0.29) is 24.4 Å². The third-order valence-corrected chi connectivity index (χ3v) is 2.82. The highest BCUT2D eigenvalue weighted by atomic mass is 79.9. The van der Waals surface area contributed by atoms with Crippen LogP contribution in [0.4, 0.5) is 19.0 Å². The number of hydrogen-bond acceptors (Lipinski definition) is 4. The van der Waals surface area contributed by atoms with E-state index in [1.807, 2.05) is 20.8 Å². The van der Waals surface area contributed by atoms with Gasteiger partial charge in [0.1, 0.15) is 22.8 Å². The smallest absolute Gasteiger partial charge is 0.395 e. The molecule has 0 saturated heterocycles. The van der Waals surface area contributed by atoms with E-state index in [9.17, 15) is 13.2 Å². The average molecular weight is 356 g/mol. The van der Waals surface area contributed by atoms with Crippen molar-refractivity contribution in [2.75, 3.05) is 24.6 Å². The number of aliphatic hydroxyl groups excluding tert-OH is 1. The van der Waals surface area contributed by atoms with Gasteiger partial charge in [-0.3, -0.25) is 0 Å². The first kappa shape index (κ1) is 17.2. The van der Waals surface area contributed by atoms with Crippen LogP contribution in [0.1, 0.15) is 26.6 Å². The van der Waals surface area contributed by atoms with Crippen molar-refractivity contribution in [1.29, 1.82) is 0 Å².